The molecule has 1 aromatic carbocycles. The van der Waals surface area contributed by atoms with Crippen LogP contribution in [0.2, 0.25) is 0 Å². The molecule has 0 bridgehead atoms. The number of nitrogens with one attached hydrogen (secondary N) is 1. The molecule has 0 heterocycles. The fourth-order valence-corrected chi connectivity index (χ4v) is 3.25. The van der Waals surface area contributed by atoms with Crippen LogP contribution in [0.1, 0.15) is 58.4 Å². The molecular formula is C19H31NO. The maximum atomic E-state index is 6.33. The Kier molecular flexibility index (Phi) is 6.56. The lowest BCUT2D eigenvalue weighted by molar-refractivity contribution is 0.0849. The first kappa shape index (κ1) is 16.4. The summed E-state index contributed by atoms with van der Waals surface area (Å²) >= 11 is 0. The molecule has 0 amide bonds. The summed E-state index contributed by atoms with van der Waals surface area (Å²) in [6, 6.07) is 9.14. The van der Waals surface area contributed by atoms with E-state index in [0.29, 0.717) is 12.1 Å². The van der Waals surface area contributed by atoms with Crippen LogP contribution >= 0.6 is 0 Å². The molecule has 118 valence electrons. The minimum absolute atomic E-state index is 0.322. The molecule has 21 heavy (non-hydrogen) atoms. The molecule has 1 aliphatic rings. The van der Waals surface area contributed by atoms with E-state index < -0.39 is 0 Å². The summed E-state index contributed by atoms with van der Waals surface area (Å²) in [6.45, 7) is 7.81. The van der Waals surface area contributed by atoms with Gasteiger partial charge in [0.25, 0.3) is 0 Å². The van der Waals surface area contributed by atoms with Gasteiger partial charge >= 0.3 is 0 Å². The van der Waals surface area contributed by atoms with E-state index in [2.05, 4.69) is 50.4 Å². The molecule has 1 saturated carbocycles. The second-order valence-electron chi connectivity index (χ2n) is 6.30. The molecule has 1 fully saturated rings. The van der Waals surface area contributed by atoms with Crippen LogP contribution in [0.4, 0.5) is 0 Å². The number of benzene rings is 1. The Labute approximate surface area is 130 Å². The molecule has 0 saturated heterocycles. The van der Waals surface area contributed by atoms with E-state index in [-0.39, 0.29) is 0 Å². The Morgan fingerprint density at radius 1 is 1.10 bits per heavy atom. The van der Waals surface area contributed by atoms with Gasteiger partial charge in [-0.2, -0.15) is 0 Å². The minimum atomic E-state index is 0.322. The lowest BCUT2D eigenvalue weighted by atomic mass is 9.82. The van der Waals surface area contributed by atoms with Crippen molar-refractivity contribution in [2.24, 2.45) is 5.92 Å². The van der Waals surface area contributed by atoms with Crippen molar-refractivity contribution in [3.05, 3.63) is 29.8 Å². The van der Waals surface area contributed by atoms with Gasteiger partial charge in [0, 0.05) is 6.04 Å². The van der Waals surface area contributed by atoms with Gasteiger partial charge in [0.2, 0.25) is 0 Å². The number of rotatable bonds is 7. The maximum absolute atomic E-state index is 6.33. The Hall–Kier alpha value is -1.02. The molecule has 3 atom stereocenters. The van der Waals surface area contributed by atoms with Gasteiger partial charge in [0.15, 0.2) is 0 Å². The summed E-state index contributed by atoms with van der Waals surface area (Å²) in [5.41, 5.74) is 1.37. The predicted molar refractivity (Wildman–Crippen MR) is 89.9 cm³/mol. The normalized spacial score (nSPS) is 25.8. The number of hydrogen-bond donors (Lipinski definition) is 1. The lowest BCUT2D eigenvalue weighted by Gasteiger charge is -2.36. The van der Waals surface area contributed by atoms with E-state index in [9.17, 15) is 0 Å². The molecule has 1 aromatic rings. The molecule has 2 heteroatoms. The Morgan fingerprint density at radius 2 is 1.86 bits per heavy atom. The monoisotopic (exact) mass is 289 g/mol. The van der Waals surface area contributed by atoms with Crippen molar-refractivity contribution in [1.29, 1.82) is 0 Å². The molecule has 1 N–H and O–H groups in total. The first-order valence-corrected chi connectivity index (χ1v) is 8.75. The fraction of sp³-hybridized carbons (Fsp3) is 0.684. The van der Waals surface area contributed by atoms with Gasteiger partial charge < -0.3 is 10.1 Å². The van der Waals surface area contributed by atoms with E-state index in [1.807, 2.05) is 0 Å². The Morgan fingerprint density at radius 3 is 2.48 bits per heavy atom. The molecule has 0 spiro atoms. The van der Waals surface area contributed by atoms with Crippen LogP contribution in [0.15, 0.2) is 24.3 Å². The van der Waals surface area contributed by atoms with E-state index in [1.165, 1.54) is 37.7 Å². The summed E-state index contributed by atoms with van der Waals surface area (Å²) in [7, 11) is 0. The number of aryl methyl sites for hydroxylation is 1. The van der Waals surface area contributed by atoms with Crippen molar-refractivity contribution in [2.75, 3.05) is 6.54 Å². The molecule has 0 aromatic heterocycles. The third-order valence-electron chi connectivity index (χ3n) is 4.75. The van der Waals surface area contributed by atoms with E-state index in [0.717, 1.165) is 24.6 Å². The topological polar surface area (TPSA) is 21.3 Å². The van der Waals surface area contributed by atoms with Crippen LogP contribution in [0, 0.1) is 5.92 Å². The first-order chi connectivity index (χ1) is 10.3. The lowest BCUT2D eigenvalue weighted by Crippen LogP contribution is -2.47. The summed E-state index contributed by atoms with van der Waals surface area (Å²) in [6.07, 6.45) is 7.64. The molecule has 2 nitrogen and oxygen atoms in total. The summed E-state index contributed by atoms with van der Waals surface area (Å²) in [5.74, 6) is 1.85. The molecule has 0 aliphatic heterocycles. The van der Waals surface area contributed by atoms with Crippen LogP contribution in [-0.4, -0.2) is 18.7 Å². The van der Waals surface area contributed by atoms with Crippen LogP contribution in [0.25, 0.3) is 0 Å². The highest BCUT2D eigenvalue weighted by Gasteiger charge is 2.30. The standard InChI is InChI=1S/C19H31NO/c1-4-13-20-18-12-9-16(6-3)14-19(18)21-17-10-7-15(5-2)8-11-17/h7-8,10-11,16,18-20H,4-6,9,12-14H2,1-3H3. The van der Waals surface area contributed by atoms with Crippen LogP contribution in [-0.2, 0) is 6.42 Å². The summed E-state index contributed by atoms with van der Waals surface area (Å²) in [5, 5.41) is 3.68. The van der Waals surface area contributed by atoms with Gasteiger partial charge in [0.1, 0.15) is 11.9 Å². The third-order valence-corrected chi connectivity index (χ3v) is 4.75. The fourth-order valence-electron chi connectivity index (χ4n) is 3.25. The maximum Gasteiger partial charge on any atom is 0.119 e. The molecule has 3 unspecified atom stereocenters. The molecular weight excluding hydrogens is 258 g/mol. The second kappa shape index (κ2) is 8.43. The van der Waals surface area contributed by atoms with E-state index in [4.69, 9.17) is 4.74 Å². The Balaban J connectivity index is 1.99. The summed E-state index contributed by atoms with van der Waals surface area (Å²) < 4.78 is 6.33. The molecule has 0 radical (unpaired) electrons. The Bertz CT molecular complexity index is 401. The average Bonchev–Trinajstić information content (AvgIpc) is 2.54. The van der Waals surface area contributed by atoms with Gasteiger partial charge in [0.05, 0.1) is 0 Å². The minimum Gasteiger partial charge on any atom is -0.489 e. The molecule has 2 rings (SSSR count). The zero-order valence-electron chi connectivity index (χ0n) is 13.9. The van der Waals surface area contributed by atoms with Gasteiger partial charge in [-0.1, -0.05) is 39.3 Å². The van der Waals surface area contributed by atoms with Gasteiger partial charge in [-0.05, 0) is 62.3 Å². The van der Waals surface area contributed by atoms with Crippen molar-refractivity contribution in [3.63, 3.8) is 0 Å². The van der Waals surface area contributed by atoms with E-state index in [1.54, 1.807) is 0 Å². The van der Waals surface area contributed by atoms with E-state index >= 15 is 0 Å². The average molecular weight is 289 g/mol. The quantitative estimate of drug-likeness (QED) is 0.793. The summed E-state index contributed by atoms with van der Waals surface area (Å²) in [4.78, 5) is 0. The number of hydrogen-bond acceptors (Lipinski definition) is 2. The van der Waals surface area contributed by atoms with Gasteiger partial charge in [-0.15, -0.1) is 0 Å². The second-order valence-corrected chi connectivity index (χ2v) is 6.30. The van der Waals surface area contributed by atoms with Crippen molar-refractivity contribution < 1.29 is 4.74 Å². The largest absolute Gasteiger partial charge is 0.489 e. The van der Waals surface area contributed by atoms with Crippen LogP contribution in [0.3, 0.4) is 0 Å². The highest BCUT2D eigenvalue weighted by molar-refractivity contribution is 5.27. The van der Waals surface area contributed by atoms with Gasteiger partial charge in [-0.3, -0.25) is 0 Å². The smallest absolute Gasteiger partial charge is 0.119 e. The van der Waals surface area contributed by atoms with Crippen LogP contribution in [0.5, 0.6) is 5.75 Å². The highest BCUT2D eigenvalue weighted by Crippen LogP contribution is 2.30. The third kappa shape index (κ3) is 4.74. The van der Waals surface area contributed by atoms with Crippen molar-refractivity contribution in [3.8, 4) is 5.75 Å². The molecule has 1 aliphatic carbocycles. The number of ether oxygens (including phenoxy) is 1. The highest BCUT2D eigenvalue weighted by atomic mass is 16.5. The first-order valence-electron chi connectivity index (χ1n) is 8.75. The zero-order chi connectivity index (χ0) is 15.1. The predicted octanol–water partition coefficient (Wildman–Crippen LogP) is 4.57. The van der Waals surface area contributed by atoms with Crippen LogP contribution < -0.4 is 10.1 Å². The zero-order valence-corrected chi connectivity index (χ0v) is 13.9. The van der Waals surface area contributed by atoms with Gasteiger partial charge in [-0.25, -0.2) is 0 Å². The van der Waals surface area contributed by atoms with Crippen molar-refractivity contribution in [1.82, 2.24) is 5.32 Å². The SMILES string of the molecule is CCCNC1CCC(CC)CC1Oc1ccc(CC)cc1. The van der Waals surface area contributed by atoms with Crippen molar-refractivity contribution in [2.45, 2.75) is 71.4 Å². The van der Waals surface area contributed by atoms with Crippen molar-refractivity contribution >= 4 is 0 Å².